The summed E-state index contributed by atoms with van der Waals surface area (Å²) in [6.45, 7) is 6.83. The normalized spacial score (nSPS) is 10.7. The Kier molecular flexibility index (Phi) is 9.84. The number of aryl methyl sites for hydroxylation is 2. The van der Waals surface area contributed by atoms with Gasteiger partial charge in [-0.1, -0.05) is 51.7 Å². The standard InChI is InChI=1S/C23H33N3O2S/c1-4-6-8-10-19-11-13-20(14-12-19)22(28)26(15-9-7-5-2)16-21(27)25-23-24-18(3)17-29-23/h11-14,17H,4-10,15-16H2,1-3H3,(H,24,25,27). The van der Waals surface area contributed by atoms with E-state index in [0.717, 1.165) is 31.4 Å². The first-order chi connectivity index (χ1) is 14.0. The molecule has 0 fully saturated rings. The number of thiazole rings is 1. The highest BCUT2D eigenvalue weighted by Gasteiger charge is 2.19. The van der Waals surface area contributed by atoms with Crippen LogP contribution < -0.4 is 5.32 Å². The molecular weight excluding hydrogens is 382 g/mol. The number of benzene rings is 1. The minimum Gasteiger partial charge on any atom is -0.329 e. The van der Waals surface area contributed by atoms with Gasteiger partial charge in [-0.05, 0) is 43.9 Å². The highest BCUT2D eigenvalue weighted by molar-refractivity contribution is 7.13. The summed E-state index contributed by atoms with van der Waals surface area (Å²) in [6, 6.07) is 7.84. The Labute approximate surface area is 178 Å². The van der Waals surface area contributed by atoms with Crippen molar-refractivity contribution in [2.45, 2.75) is 65.7 Å². The predicted molar refractivity (Wildman–Crippen MR) is 121 cm³/mol. The topological polar surface area (TPSA) is 62.3 Å². The van der Waals surface area contributed by atoms with E-state index in [4.69, 9.17) is 0 Å². The van der Waals surface area contributed by atoms with Crippen LogP contribution in [-0.2, 0) is 11.2 Å². The maximum Gasteiger partial charge on any atom is 0.254 e. The predicted octanol–water partition coefficient (Wildman–Crippen LogP) is 5.46. The van der Waals surface area contributed by atoms with Crippen LogP contribution in [0.3, 0.4) is 0 Å². The van der Waals surface area contributed by atoms with Crippen LogP contribution in [0.2, 0.25) is 0 Å². The van der Waals surface area contributed by atoms with Crippen molar-refractivity contribution in [1.29, 1.82) is 0 Å². The second-order valence-electron chi connectivity index (χ2n) is 7.43. The number of carbonyl (C=O) groups excluding carboxylic acids is 2. The van der Waals surface area contributed by atoms with E-state index in [1.165, 1.54) is 36.2 Å². The molecule has 2 rings (SSSR count). The molecule has 6 heteroatoms. The molecule has 29 heavy (non-hydrogen) atoms. The summed E-state index contributed by atoms with van der Waals surface area (Å²) in [7, 11) is 0. The largest absolute Gasteiger partial charge is 0.329 e. The van der Waals surface area contributed by atoms with Crippen molar-refractivity contribution >= 4 is 28.3 Å². The number of rotatable bonds is 12. The molecule has 0 aliphatic rings. The summed E-state index contributed by atoms with van der Waals surface area (Å²) >= 11 is 1.39. The molecule has 1 aromatic carbocycles. The highest BCUT2D eigenvalue weighted by atomic mass is 32.1. The Hall–Kier alpha value is -2.21. The number of anilines is 1. The van der Waals surface area contributed by atoms with Gasteiger partial charge in [-0.25, -0.2) is 4.98 Å². The third kappa shape index (κ3) is 7.97. The summed E-state index contributed by atoms with van der Waals surface area (Å²) in [5.74, 6) is -0.299. The minimum atomic E-state index is -0.208. The Bertz CT molecular complexity index is 771. The molecular formula is C23H33N3O2S. The van der Waals surface area contributed by atoms with Crippen molar-refractivity contribution in [1.82, 2.24) is 9.88 Å². The van der Waals surface area contributed by atoms with Gasteiger partial charge in [0.15, 0.2) is 5.13 Å². The van der Waals surface area contributed by atoms with Gasteiger partial charge < -0.3 is 10.2 Å². The van der Waals surface area contributed by atoms with E-state index in [-0.39, 0.29) is 18.4 Å². The van der Waals surface area contributed by atoms with E-state index >= 15 is 0 Å². The lowest BCUT2D eigenvalue weighted by Gasteiger charge is -2.22. The van der Waals surface area contributed by atoms with Gasteiger partial charge in [-0.3, -0.25) is 9.59 Å². The lowest BCUT2D eigenvalue weighted by Crippen LogP contribution is -2.38. The van der Waals surface area contributed by atoms with Gasteiger partial charge >= 0.3 is 0 Å². The van der Waals surface area contributed by atoms with E-state index in [1.54, 1.807) is 4.90 Å². The molecule has 5 nitrogen and oxygen atoms in total. The van der Waals surface area contributed by atoms with Gasteiger partial charge in [0.25, 0.3) is 5.91 Å². The Morgan fingerprint density at radius 1 is 1.03 bits per heavy atom. The molecule has 0 unspecified atom stereocenters. The van der Waals surface area contributed by atoms with E-state index < -0.39 is 0 Å². The molecule has 2 amide bonds. The van der Waals surface area contributed by atoms with Gasteiger partial charge in [0.05, 0.1) is 5.69 Å². The van der Waals surface area contributed by atoms with Crippen molar-refractivity contribution in [2.24, 2.45) is 0 Å². The molecule has 0 radical (unpaired) electrons. The Morgan fingerprint density at radius 2 is 1.72 bits per heavy atom. The van der Waals surface area contributed by atoms with Crippen LogP contribution in [0, 0.1) is 6.92 Å². The van der Waals surface area contributed by atoms with Gasteiger partial charge in [0.1, 0.15) is 6.54 Å². The van der Waals surface area contributed by atoms with Gasteiger partial charge in [0, 0.05) is 17.5 Å². The summed E-state index contributed by atoms with van der Waals surface area (Å²) in [5.41, 5.74) is 2.77. The first kappa shape index (κ1) is 23.1. The van der Waals surface area contributed by atoms with Gasteiger partial charge in [0.2, 0.25) is 5.91 Å². The number of amides is 2. The number of carbonyl (C=O) groups is 2. The van der Waals surface area contributed by atoms with Crippen molar-refractivity contribution in [3.63, 3.8) is 0 Å². The summed E-state index contributed by atoms with van der Waals surface area (Å²) < 4.78 is 0. The zero-order valence-corrected chi connectivity index (χ0v) is 18.7. The lowest BCUT2D eigenvalue weighted by atomic mass is 10.0. The number of nitrogens with one attached hydrogen (secondary N) is 1. The second-order valence-corrected chi connectivity index (χ2v) is 8.29. The number of hydrogen-bond acceptors (Lipinski definition) is 4. The highest BCUT2D eigenvalue weighted by Crippen LogP contribution is 2.15. The zero-order chi connectivity index (χ0) is 21.1. The molecule has 0 atom stereocenters. The van der Waals surface area contributed by atoms with Crippen LogP contribution >= 0.6 is 11.3 Å². The average molecular weight is 416 g/mol. The van der Waals surface area contributed by atoms with E-state index in [9.17, 15) is 9.59 Å². The first-order valence-corrected chi connectivity index (χ1v) is 11.5. The SMILES string of the molecule is CCCCCc1ccc(C(=O)N(CCCCC)CC(=O)Nc2nc(C)cs2)cc1. The molecule has 0 spiro atoms. The lowest BCUT2D eigenvalue weighted by molar-refractivity contribution is -0.116. The monoisotopic (exact) mass is 415 g/mol. The molecule has 0 bridgehead atoms. The number of nitrogens with zero attached hydrogens (tertiary/aromatic N) is 2. The molecule has 1 aromatic heterocycles. The Morgan fingerprint density at radius 3 is 2.34 bits per heavy atom. The third-order valence-corrected chi connectivity index (χ3v) is 5.66. The quantitative estimate of drug-likeness (QED) is 0.469. The van der Waals surface area contributed by atoms with Crippen molar-refractivity contribution < 1.29 is 9.59 Å². The average Bonchev–Trinajstić information content (AvgIpc) is 3.12. The van der Waals surface area contributed by atoms with Crippen LogP contribution in [0.25, 0.3) is 0 Å². The number of hydrogen-bond donors (Lipinski definition) is 1. The fraction of sp³-hybridized carbons (Fsp3) is 0.522. The maximum atomic E-state index is 13.0. The van der Waals surface area contributed by atoms with Crippen LogP contribution in [0.1, 0.15) is 74.0 Å². The molecule has 0 aliphatic heterocycles. The van der Waals surface area contributed by atoms with Crippen molar-refractivity contribution in [3.05, 3.63) is 46.5 Å². The first-order valence-electron chi connectivity index (χ1n) is 10.6. The maximum absolute atomic E-state index is 13.0. The smallest absolute Gasteiger partial charge is 0.254 e. The molecule has 1 N–H and O–H groups in total. The fourth-order valence-corrected chi connectivity index (χ4v) is 3.83. The van der Waals surface area contributed by atoms with E-state index in [0.29, 0.717) is 17.2 Å². The van der Waals surface area contributed by atoms with E-state index in [1.807, 2.05) is 36.6 Å². The summed E-state index contributed by atoms with van der Waals surface area (Å²) in [4.78, 5) is 31.4. The molecule has 0 saturated heterocycles. The molecule has 158 valence electrons. The summed E-state index contributed by atoms with van der Waals surface area (Å²) in [6.07, 6.45) is 7.63. The molecule has 0 saturated carbocycles. The molecule has 1 heterocycles. The fourth-order valence-electron chi connectivity index (χ4n) is 3.12. The minimum absolute atomic E-state index is 0.0411. The van der Waals surface area contributed by atoms with Crippen LogP contribution in [-0.4, -0.2) is 34.8 Å². The van der Waals surface area contributed by atoms with Gasteiger partial charge in [-0.2, -0.15) is 0 Å². The molecule has 2 aromatic rings. The summed E-state index contributed by atoms with van der Waals surface area (Å²) in [5, 5.41) is 5.27. The van der Waals surface area contributed by atoms with Crippen molar-refractivity contribution in [3.8, 4) is 0 Å². The molecule has 0 aliphatic carbocycles. The Balaban J connectivity index is 2.01. The van der Waals surface area contributed by atoms with Crippen LogP contribution in [0.5, 0.6) is 0 Å². The number of unbranched alkanes of at least 4 members (excludes halogenated alkanes) is 4. The second kappa shape index (κ2) is 12.4. The zero-order valence-electron chi connectivity index (χ0n) is 17.9. The van der Waals surface area contributed by atoms with Crippen LogP contribution in [0.15, 0.2) is 29.6 Å². The third-order valence-electron chi connectivity index (χ3n) is 4.79. The van der Waals surface area contributed by atoms with Gasteiger partial charge in [-0.15, -0.1) is 11.3 Å². The van der Waals surface area contributed by atoms with Crippen LogP contribution in [0.4, 0.5) is 5.13 Å². The number of aromatic nitrogens is 1. The van der Waals surface area contributed by atoms with Crippen molar-refractivity contribution in [2.75, 3.05) is 18.4 Å². The van der Waals surface area contributed by atoms with E-state index in [2.05, 4.69) is 24.1 Å².